The molecule has 0 atom stereocenters. The summed E-state index contributed by atoms with van der Waals surface area (Å²) in [6.45, 7) is 10.4. The number of nitrogens with one attached hydrogen (secondary N) is 1. The van der Waals surface area contributed by atoms with Gasteiger partial charge in [0.2, 0.25) is 0 Å². The van der Waals surface area contributed by atoms with Crippen LogP contribution in [0.4, 0.5) is 0 Å². The minimum Gasteiger partial charge on any atom is -0.490 e. The molecular weight excluding hydrogens is 372 g/mol. The van der Waals surface area contributed by atoms with E-state index in [1.165, 1.54) is 42.4 Å². The molecule has 4 nitrogen and oxygen atoms in total. The fourth-order valence-electron chi connectivity index (χ4n) is 3.28. The first-order valence-corrected chi connectivity index (χ1v) is 9.94. The van der Waals surface area contributed by atoms with E-state index < -0.39 is 0 Å². The SMILES string of the molecule is C=O.Cc1c[nH]c2c(OCCN3CCCC3)cccc12.Cc1cccc(Cl)c1. The van der Waals surface area contributed by atoms with Crippen molar-refractivity contribution in [3.05, 3.63) is 64.8 Å². The van der Waals surface area contributed by atoms with E-state index in [2.05, 4.69) is 28.9 Å². The van der Waals surface area contributed by atoms with Crippen molar-refractivity contribution in [1.82, 2.24) is 9.88 Å². The molecule has 2 heterocycles. The van der Waals surface area contributed by atoms with Crippen LogP contribution in [0.5, 0.6) is 5.75 Å². The maximum atomic E-state index is 8.00. The van der Waals surface area contributed by atoms with Crippen LogP contribution in [-0.2, 0) is 4.79 Å². The molecule has 3 aromatic rings. The van der Waals surface area contributed by atoms with Gasteiger partial charge in [-0.2, -0.15) is 0 Å². The topological polar surface area (TPSA) is 45.3 Å². The van der Waals surface area contributed by atoms with Crippen LogP contribution in [0, 0.1) is 13.8 Å². The van der Waals surface area contributed by atoms with E-state index in [0.29, 0.717) is 0 Å². The Hall–Kier alpha value is -2.30. The highest BCUT2D eigenvalue weighted by Crippen LogP contribution is 2.26. The maximum Gasteiger partial charge on any atom is 0.143 e. The van der Waals surface area contributed by atoms with Crippen molar-refractivity contribution in [3.8, 4) is 5.75 Å². The number of ether oxygens (including phenoxy) is 1. The average Bonchev–Trinajstić information content (AvgIpc) is 3.35. The zero-order valence-corrected chi connectivity index (χ0v) is 17.5. The number of rotatable bonds is 4. The molecule has 1 aromatic heterocycles. The third-order valence-corrected chi connectivity index (χ3v) is 4.96. The van der Waals surface area contributed by atoms with Gasteiger partial charge in [-0.05, 0) is 69.1 Å². The highest BCUT2D eigenvalue weighted by molar-refractivity contribution is 6.30. The van der Waals surface area contributed by atoms with Gasteiger partial charge in [0.05, 0.1) is 5.52 Å². The number of aryl methyl sites for hydroxylation is 2. The van der Waals surface area contributed by atoms with E-state index in [4.69, 9.17) is 21.1 Å². The van der Waals surface area contributed by atoms with Gasteiger partial charge in [0.25, 0.3) is 0 Å². The number of hydrogen-bond acceptors (Lipinski definition) is 3. The first kappa shape index (κ1) is 22.0. The van der Waals surface area contributed by atoms with E-state index in [9.17, 15) is 0 Å². The Balaban J connectivity index is 0.000000236. The van der Waals surface area contributed by atoms with Gasteiger partial charge >= 0.3 is 0 Å². The van der Waals surface area contributed by atoms with E-state index in [0.717, 1.165) is 29.4 Å². The van der Waals surface area contributed by atoms with E-state index in [1.54, 1.807) is 0 Å². The lowest BCUT2D eigenvalue weighted by atomic mass is 10.2. The van der Waals surface area contributed by atoms with E-state index in [-0.39, 0.29) is 0 Å². The standard InChI is InChI=1S/C15H20N2O.C7H7Cl.CH2O/c1-12-11-16-15-13(12)5-4-6-14(15)18-10-9-17-7-2-3-8-17;1-6-3-2-4-7(8)5-6;1-2/h4-6,11,16H,2-3,7-10H2,1H3;2-5H,1H3;1H2. The molecule has 2 aromatic carbocycles. The molecule has 4 rings (SSSR count). The molecule has 0 aliphatic carbocycles. The summed E-state index contributed by atoms with van der Waals surface area (Å²) < 4.78 is 5.92. The summed E-state index contributed by atoms with van der Waals surface area (Å²) in [7, 11) is 0. The number of aromatic amines is 1. The Labute approximate surface area is 172 Å². The molecule has 150 valence electrons. The molecule has 0 spiro atoms. The Kier molecular flexibility index (Phi) is 9.05. The molecule has 0 radical (unpaired) electrons. The second kappa shape index (κ2) is 11.5. The number of fused-ring (bicyclic) bond motifs is 1. The maximum absolute atomic E-state index is 8.00. The normalized spacial score (nSPS) is 13.4. The highest BCUT2D eigenvalue weighted by Gasteiger charge is 2.11. The molecule has 5 heteroatoms. The molecule has 1 fully saturated rings. The molecule has 1 N–H and O–H groups in total. The average molecular weight is 401 g/mol. The second-order valence-corrected chi connectivity index (χ2v) is 7.28. The number of carbonyl (C=O) groups is 1. The summed E-state index contributed by atoms with van der Waals surface area (Å²) in [5.41, 5.74) is 3.60. The lowest BCUT2D eigenvalue weighted by molar-refractivity contribution is -0.0979. The Morgan fingerprint density at radius 2 is 1.82 bits per heavy atom. The van der Waals surface area contributed by atoms with Crippen molar-refractivity contribution in [2.24, 2.45) is 0 Å². The van der Waals surface area contributed by atoms with E-state index in [1.807, 2.05) is 50.2 Å². The summed E-state index contributed by atoms with van der Waals surface area (Å²) in [5.74, 6) is 0.972. The molecule has 0 bridgehead atoms. The molecular formula is C23H29ClN2O2. The Bertz CT molecular complexity index is 839. The third-order valence-electron chi connectivity index (χ3n) is 4.73. The number of H-pyrrole nitrogens is 1. The van der Waals surface area contributed by atoms with Crippen LogP contribution in [0.3, 0.4) is 0 Å². The van der Waals surface area contributed by atoms with Crippen LogP contribution in [0.2, 0.25) is 5.02 Å². The summed E-state index contributed by atoms with van der Waals surface area (Å²) >= 11 is 5.64. The number of halogens is 1. The molecule has 1 aliphatic heterocycles. The summed E-state index contributed by atoms with van der Waals surface area (Å²) in [5, 5.41) is 2.07. The minimum atomic E-state index is 0.775. The molecule has 0 saturated carbocycles. The number of hydrogen-bond donors (Lipinski definition) is 1. The molecule has 28 heavy (non-hydrogen) atoms. The summed E-state index contributed by atoms with van der Waals surface area (Å²) in [6.07, 6.45) is 4.72. The number of carbonyl (C=O) groups excluding carboxylic acids is 1. The summed E-state index contributed by atoms with van der Waals surface area (Å²) in [6, 6.07) is 14.0. The van der Waals surface area contributed by atoms with Gasteiger partial charge < -0.3 is 14.5 Å². The van der Waals surface area contributed by atoms with Crippen molar-refractivity contribution in [1.29, 1.82) is 0 Å². The van der Waals surface area contributed by atoms with Crippen LogP contribution in [0.1, 0.15) is 24.0 Å². The van der Waals surface area contributed by atoms with Crippen LogP contribution in [0.25, 0.3) is 10.9 Å². The minimum absolute atomic E-state index is 0.775. The van der Waals surface area contributed by atoms with Gasteiger partial charge in [0.15, 0.2) is 0 Å². The van der Waals surface area contributed by atoms with Gasteiger partial charge in [0.1, 0.15) is 19.1 Å². The number of benzene rings is 2. The van der Waals surface area contributed by atoms with Gasteiger partial charge in [-0.25, -0.2) is 0 Å². The van der Waals surface area contributed by atoms with Crippen LogP contribution < -0.4 is 4.74 Å². The highest BCUT2D eigenvalue weighted by atomic mass is 35.5. The fraction of sp³-hybridized carbons (Fsp3) is 0.348. The van der Waals surface area contributed by atoms with Gasteiger partial charge in [-0.15, -0.1) is 0 Å². The lowest BCUT2D eigenvalue weighted by Crippen LogP contribution is -2.25. The number of nitrogens with zero attached hydrogens (tertiary/aromatic N) is 1. The third kappa shape index (κ3) is 6.39. The second-order valence-electron chi connectivity index (χ2n) is 6.85. The first-order valence-electron chi connectivity index (χ1n) is 9.56. The summed E-state index contributed by atoms with van der Waals surface area (Å²) in [4.78, 5) is 13.8. The van der Waals surface area contributed by atoms with E-state index >= 15 is 0 Å². The van der Waals surface area contributed by atoms with Crippen molar-refractivity contribution < 1.29 is 9.53 Å². The molecule has 1 saturated heterocycles. The zero-order chi connectivity index (χ0) is 20.4. The van der Waals surface area contributed by atoms with Crippen molar-refractivity contribution in [3.63, 3.8) is 0 Å². The van der Waals surface area contributed by atoms with Crippen LogP contribution in [-0.4, -0.2) is 42.9 Å². The molecule has 1 aliphatic rings. The predicted molar refractivity (Wildman–Crippen MR) is 118 cm³/mol. The number of likely N-dealkylation sites (tertiary alicyclic amines) is 1. The largest absolute Gasteiger partial charge is 0.490 e. The molecule has 0 amide bonds. The van der Waals surface area contributed by atoms with Crippen LogP contribution >= 0.6 is 11.6 Å². The van der Waals surface area contributed by atoms with Crippen LogP contribution in [0.15, 0.2) is 48.7 Å². The van der Waals surface area contributed by atoms with Crippen molar-refractivity contribution in [2.75, 3.05) is 26.2 Å². The smallest absolute Gasteiger partial charge is 0.143 e. The van der Waals surface area contributed by atoms with Gasteiger partial charge in [0, 0.05) is 23.2 Å². The zero-order valence-electron chi connectivity index (χ0n) is 16.7. The lowest BCUT2D eigenvalue weighted by Gasteiger charge is -2.15. The quantitative estimate of drug-likeness (QED) is 0.636. The Morgan fingerprint density at radius 3 is 2.46 bits per heavy atom. The predicted octanol–water partition coefficient (Wildman–Crippen LogP) is 5.41. The molecule has 0 unspecified atom stereocenters. The first-order chi connectivity index (χ1) is 13.6. The van der Waals surface area contributed by atoms with Gasteiger partial charge in [-0.1, -0.05) is 35.9 Å². The van der Waals surface area contributed by atoms with Gasteiger partial charge in [-0.3, -0.25) is 4.90 Å². The number of para-hydroxylation sites is 1. The van der Waals surface area contributed by atoms with Crippen molar-refractivity contribution in [2.45, 2.75) is 26.7 Å². The Morgan fingerprint density at radius 1 is 1.11 bits per heavy atom. The monoisotopic (exact) mass is 400 g/mol. The number of aromatic nitrogens is 1. The van der Waals surface area contributed by atoms with Crippen molar-refractivity contribution >= 4 is 29.3 Å². The fourth-order valence-corrected chi connectivity index (χ4v) is 3.53.